The minimum atomic E-state index is -0.836. The highest BCUT2D eigenvalue weighted by atomic mass is 79.9. The van der Waals surface area contributed by atoms with E-state index in [0.29, 0.717) is 12.0 Å². The monoisotopic (exact) mass is 426 g/mol. The van der Waals surface area contributed by atoms with E-state index < -0.39 is 22.8 Å². The summed E-state index contributed by atoms with van der Waals surface area (Å²) in [5, 5.41) is 2.59. The molecule has 1 aliphatic heterocycles. The molecule has 0 unspecified atom stereocenters. The van der Waals surface area contributed by atoms with Gasteiger partial charge in [0.1, 0.15) is 17.0 Å². The Morgan fingerprint density at radius 1 is 1.38 bits per heavy atom. The number of nitrogens with zero attached hydrogens (tertiary/aromatic N) is 1. The number of benzene rings is 1. The molecule has 1 aromatic rings. The number of ether oxygens (including phenoxy) is 2. The van der Waals surface area contributed by atoms with Crippen molar-refractivity contribution >= 4 is 28.0 Å². The molecule has 1 aromatic carbocycles. The highest BCUT2D eigenvalue weighted by molar-refractivity contribution is 9.10. The van der Waals surface area contributed by atoms with Gasteiger partial charge in [0, 0.05) is 16.5 Å². The molecule has 7 heteroatoms. The van der Waals surface area contributed by atoms with Crippen LogP contribution in [0.5, 0.6) is 0 Å². The third-order valence-electron chi connectivity index (χ3n) is 4.71. The van der Waals surface area contributed by atoms with Crippen LogP contribution < -0.4 is 5.32 Å². The molecule has 1 heterocycles. The van der Waals surface area contributed by atoms with Gasteiger partial charge in [0.2, 0.25) is 0 Å². The number of alkyl carbamates (subject to hydrolysis) is 1. The Morgan fingerprint density at radius 2 is 2.08 bits per heavy atom. The Kier molecular flexibility index (Phi) is 4.80. The van der Waals surface area contributed by atoms with Crippen LogP contribution >= 0.6 is 15.9 Å². The van der Waals surface area contributed by atoms with Crippen LogP contribution in [-0.2, 0) is 15.0 Å². The highest BCUT2D eigenvalue weighted by Gasteiger charge is 2.51. The van der Waals surface area contributed by atoms with E-state index in [1.165, 1.54) is 6.07 Å². The van der Waals surface area contributed by atoms with Crippen molar-refractivity contribution in [1.82, 2.24) is 5.32 Å². The number of amides is 1. The third kappa shape index (κ3) is 4.03. The topological polar surface area (TPSA) is 59.9 Å². The number of carbonyl (C=O) groups is 1. The summed E-state index contributed by atoms with van der Waals surface area (Å²) >= 11 is 3.40. The molecule has 1 atom stereocenters. The zero-order valence-electron chi connectivity index (χ0n) is 15.5. The molecular weight excluding hydrogens is 403 g/mol. The van der Waals surface area contributed by atoms with Gasteiger partial charge in [-0.05, 0) is 65.2 Å². The van der Waals surface area contributed by atoms with Crippen molar-refractivity contribution in [3.05, 3.63) is 34.1 Å². The maximum atomic E-state index is 14.5. The number of carbonyl (C=O) groups excluding carboxylic acids is 1. The zero-order chi connectivity index (χ0) is 19.2. The zero-order valence-corrected chi connectivity index (χ0v) is 17.1. The Labute approximate surface area is 161 Å². The van der Waals surface area contributed by atoms with Gasteiger partial charge in [-0.1, -0.05) is 15.9 Å². The van der Waals surface area contributed by atoms with Crippen LogP contribution in [0, 0.1) is 5.82 Å². The quantitative estimate of drug-likeness (QED) is 0.684. The molecule has 1 saturated carbocycles. The summed E-state index contributed by atoms with van der Waals surface area (Å²) in [4.78, 5) is 16.7. The molecule has 0 saturated heterocycles. The van der Waals surface area contributed by atoms with Crippen LogP contribution in [-0.4, -0.2) is 23.3 Å². The maximum absolute atomic E-state index is 14.5. The molecule has 1 fully saturated rings. The van der Waals surface area contributed by atoms with Crippen molar-refractivity contribution in [1.29, 1.82) is 0 Å². The van der Waals surface area contributed by atoms with E-state index in [2.05, 4.69) is 26.2 Å². The predicted octanol–water partition coefficient (Wildman–Crippen LogP) is 5.03. The number of amidine groups is 1. The summed E-state index contributed by atoms with van der Waals surface area (Å²) < 4.78 is 26.6. The first-order valence-corrected chi connectivity index (χ1v) is 9.54. The highest BCUT2D eigenvalue weighted by Crippen LogP contribution is 2.49. The normalized spacial score (nSPS) is 24.3. The third-order valence-corrected chi connectivity index (χ3v) is 5.20. The lowest BCUT2D eigenvalue weighted by Gasteiger charge is -2.49. The number of nitrogens with one attached hydrogen (secondary N) is 1. The second-order valence-electron chi connectivity index (χ2n) is 8.26. The molecule has 5 nitrogen and oxygen atoms in total. The Hall–Kier alpha value is -1.63. The molecular formula is C19H24BrFN2O3. The van der Waals surface area contributed by atoms with Gasteiger partial charge in [-0.2, -0.15) is 0 Å². The molecule has 142 valence electrons. The molecule has 2 aliphatic rings. The largest absolute Gasteiger partial charge is 0.458 e. The Morgan fingerprint density at radius 3 is 2.65 bits per heavy atom. The molecule has 1 amide bonds. The summed E-state index contributed by atoms with van der Waals surface area (Å²) in [7, 11) is 0. The molecule has 1 N–H and O–H groups in total. The van der Waals surface area contributed by atoms with Crippen LogP contribution in [0.25, 0.3) is 0 Å². The van der Waals surface area contributed by atoms with E-state index in [0.717, 1.165) is 23.7 Å². The van der Waals surface area contributed by atoms with Crippen molar-refractivity contribution in [3.63, 3.8) is 0 Å². The van der Waals surface area contributed by atoms with Crippen LogP contribution in [0.3, 0.4) is 0 Å². The summed E-state index contributed by atoms with van der Waals surface area (Å²) in [5.74, 6) is -0.326. The predicted molar refractivity (Wildman–Crippen MR) is 101 cm³/mol. The first-order valence-electron chi connectivity index (χ1n) is 8.75. The van der Waals surface area contributed by atoms with Gasteiger partial charge in [-0.15, -0.1) is 0 Å². The fraction of sp³-hybridized carbons (Fsp3) is 0.579. The van der Waals surface area contributed by atoms with Crippen LogP contribution in [0.2, 0.25) is 0 Å². The fourth-order valence-corrected chi connectivity index (χ4v) is 3.88. The van der Waals surface area contributed by atoms with E-state index in [1.807, 2.05) is 6.92 Å². The second kappa shape index (κ2) is 6.51. The van der Waals surface area contributed by atoms with Crippen molar-refractivity contribution in [2.45, 2.75) is 70.1 Å². The summed E-state index contributed by atoms with van der Waals surface area (Å²) in [6.07, 6.45) is 2.68. The van der Waals surface area contributed by atoms with Crippen LogP contribution in [0.15, 0.2) is 27.7 Å². The fourth-order valence-electron chi connectivity index (χ4n) is 3.51. The average Bonchev–Trinajstić information content (AvgIpc) is 2.45. The number of hydrogen-bond donors (Lipinski definition) is 1. The lowest BCUT2D eigenvalue weighted by Crippen LogP contribution is -2.54. The van der Waals surface area contributed by atoms with Gasteiger partial charge in [0.05, 0.1) is 5.54 Å². The molecule has 1 spiro atoms. The molecule has 0 aromatic heterocycles. The molecule has 3 rings (SSSR count). The minimum absolute atomic E-state index is 0.0899. The first-order chi connectivity index (χ1) is 12.0. The van der Waals surface area contributed by atoms with Gasteiger partial charge in [0.15, 0.2) is 0 Å². The van der Waals surface area contributed by atoms with Gasteiger partial charge in [-0.25, -0.2) is 19.5 Å². The summed E-state index contributed by atoms with van der Waals surface area (Å²) in [5.41, 5.74) is -1.41. The van der Waals surface area contributed by atoms with E-state index in [9.17, 15) is 9.18 Å². The number of aliphatic imine (C=N–C) groups is 1. The molecule has 1 aliphatic carbocycles. The minimum Gasteiger partial charge on any atom is -0.458 e. The lowest BCUT2D eigenvalue weighted by molar-refractivity contribution is -0.0612. The van der Waals surface area contributed by atoms with E-state index in [1.54, 1.807) is 32.9 Å². The van der Waals surface area contributed by atoms with E-state index in [-0.39, 0.29) is 11.8 Å². The van der Waals surface area contributed by atoms with E-state index in [4.69, 9.17) is 9.47 Å². The molecule has 0 bridgehead atoms. The Bertz CT molecular complexity index is 756. The smallest absolute Gasteiger partial charge is 0.415 e. The van der Waals surface area contributed by atoms with Crippen LogP contribution in [0.4, 0.5) is 9.18 Å². The van der Waals surface area contributed by atoms with Gasteiger partial charge in [-0.3, -0.25) is 0 Å². The Balaban J connectivity index is 1.93. The van der Waals surface area contributed by atoms with Crippen molar-refractivity contribution in [2.24, 2.45) is 4.99 Å². The number of rotatable bonds is 1. The number of hydrogen-bond acceptors (Lipinski definition) is 4. The number of halogens is 2. The first kappa shape index (κ1) is 19.1. The van der Waals surface area contributed by atoms with Gasteiger partial charge >= 0.3 is 6.09 Å². The average molecular weight is 427 g/mol. The summed E-state index contributed by atoms with van der Waals surface area (Å²) in [6.45, 7) is 7.22. The second-order valence-corrected chi connectivity index (χ2v) is 9.17. The molecule has 0 radical (unpaired) electrons. The van der Waals surface area contributed by atoms with Crippen molar-refractivity contribution < 1.29 is 18.7 Å². The SMILES string of the molecule is CC(C)(C)OC(=O)NC1=N[C@@](C)(c2cc(Br)ccc2F)CC2(CCC2)O1. The van der Waals surface area contributed by atoms with E-state index >= 15 is 0 Å². The lowest BCUT2D eigenvalue weighted by atomic mass is 9.69. The van der Waals surface area contributed by atoms with Crippen LogP contribution in [0.1, 0.15) is 58.9 Å². The van der Waals surface area contributed by atoms with Gasteiger partial charge in [0.25, 0.3) is 6.02 Å². The maximum Gasteiger partial charge on any atom is 0.415 e. The van der Waals surface area contributed by atoms with Gasteiger partial charge < -0.3 is 9.47 Å². The summed E-state index contributed by atoms with van der Waals surface area (Å²) in [6, 6.07) is 4.91. The van der Waals surface area contributed by atoms with Crippen molar-refractivity contribution in [2.75, 3.05) is 0 Å². The molecule has 26 heavy (non-hydrogen) atoms. The standard InChI is InChI=1S/C19H24BrFN2O3/c1-17(2,3)26-16(24)22-15-23-18(4,11-19(25-15)8-5-9-19)13-10-12(20)6-7-14(13)21/h6-7,10H,5,8-9,11H2,1-4H3,(H,22,23,24)/t18-/m1/s1. The van der Waals surface area contributed by atoms with Crippen molar-refractivity contribution in [3.8, 4) is 0 Å².